The van der Waals surface area contributed by atoms with E-state index in [2.05, 4.69) is 29.0 Å². The van der Waals surface area contributed by atoms with Crippen LogP contribution in [0.25, 0.3) is 0 Å². The predicted molar refractivity (Wildman–Crippen MR) is 75.6 cm³/mol. The van der Waals surface area contributed by atoms with Gasteiger partial charge in [-0.1, -0.05) is 19.4 Å². The summed E-state index contributed by atoms with van der Waals surface area (Å²) in [4.78, 5) is 14.0. The molecule has 18 heavy (non-hydrogen) atoms. The van der Waals surface area contributed by atoms with Crippen molar-refractivity contribution in [1.29, 1.82) is 0 Å². The van der Waals surface area contributed by atoms with Gasteiger partial charge in [0.05, 0.1) is 6.54 Å². The van der Waals surface area contributed by atoms with Crippen molar-refractivity contribution in [3.8, 4) is 0 Å². The second-order valence-corrected chi connectivity index (χ2v) is 4.92. The van der Waals surface area contributed by atoms with Gasteiger partial charge in [-0.25, -0.2) is 0 Å². The molecular formula is C14H27N3O. The lowest BCUT2D eigenvalue weighted by molar-refractivity contribution is -0.122. The smallest absolute Gasteiger partial charge is 0.234 e. The molecule has 1 atom stereocenters. The van der Waals surface area contributed by atoms with E-state index in [1.807, 2.05) is 0 Å². The van der Waals surface area contributed by atoms with Gasteiger partial charge in [-0.15, -0.1) is 6.58 Å². The molecule has 4 nitrogen and oxygen atoms in total. The van der Waals surface area contributed by atoms with Gasteiger partial charge in [0, 0.05) is 19.1 Å². The molecule has 1 fully saturated rings. The van der Waals surface area contributed by atoms with E-state index in [1.54, 1.807) is 6.08 Å². The Hall–Kier alpha value is -0.870. The molecule has 2 N–H and O–H groups in total. The largest absolute Gasteiger partial charge is 0.352 e. The third kappa shape index (κ3) is 5.65. The van der Waals surface area contributed by atoms with Crippen molar-refractivity contribution < 1.29 is 4.79 Å². The van der Waals surface area contributed by atoms with Crippen molar-refractivity contribution in [2.24, 2.45) is 0 Å². The maximum atomic E-state index is 11.7. The molecule has 1 aliphatic heterocycles. The van der Waals surface area contributed by atoms with Crippen LogP contribution in [0.4, 0.5) is 0 Å². The second-order valence-electron chi connectivity index (χ2n) is 4.92. The highest BCUT2D eigenvalue weighted by molar-refractivity contribution is 5.78. The van der Waals surface area contributed by atoms with Gasteiger partial charge < -0.3 is 10.6 Å². The molecule has 0 aromatic carbocycles. The van der Waals surface area contributed by atoms with Gasteiger partial charge in [-0.2, -0.15) is 0 Å². The third-order valence-electron chi connectivity index (χ3n) is 3.35. The van der Waals surface area contributed by atoms with E-state index < -0.39 is 0 Å². The normalized spacial score (nSPS) is 20.6. The number of carbonyl (C=O) groups is 1. The zero-order valence-electron chi connectivity index (χ0n) is 11.6. The molecule has 1 heterocycles. The van der Waals surface area contributed by atoms with E-state index in [0.29, 0.717) is 19.1 Å². The fraction of sp³-hybridized carbons (Fsp3) is 0.786. The number of nitrogens with one attached hydrogen (secondary N) is 2. The molecule has 104 valence electrons. The Balaban J connectivity index is 2.33. The van der Waals surface area contributed by atoms with Crippen LogP contribution in [0.15, 0.2) is 12.7 Å². The van der Waals surface area contributed by atoms with Crippen LogP contribution in [0.3, 0.4) is 0 Å². The summed E-state index contributed by atoms with van der Waals surface area (Å²) in [5.41, 5.74) is 0. The molecule has 1 amide bonds. The van der Waals surface area contributed by atoms with E-state index in [-0.39, 0.29) is 5.91 Å². The van der Waals surface area contributed by atoms with Crippen LogP contribution >= 0.6 is 0 Å². The number of hydrogen-bond donors (Lipinski definition) is 2. The lowest BCUT2D eigenvalue weighted by Gasteiger charge is -2.35. The summed E-state index contributed by atoms with van der Waals surface area (Å²) >= 11 is 0. The van der Waals surface area contributed by atoms with Crippen molar-refractivity contribution in [2.45, 2.75) is 38.6 Å². The topological polar surface area (TPSA) is 44.4 Å². The first kappa shape index (κ1) is 15.2. The average molecular weight is 253 g/mol. The monoisotopic (exact) mass is 253 g/mol. The number of rotatable bonds is 8. The van der Waals surface area contributed by atoms with Crippen LogP contribution in [0.2, 0.25) is 0 Å². The quantitative estimate of drug-likeness (QED) is 0.504. The number of hydrogen-bond acceptors (Lipinski definition) is 3. The van der Waals surface area contributed by atoms with E-state index in [4.69, 9.17) is 0 Å². The number of likely N-dealkylation sites (tertiary alicyclic amines) is 1. The van der Waals surface area contributed by atoms with Gasteiger partial charge in [0.2, 0.25) is 5.91 Å². The van der Waals surface area contributed by atoms with Crippen molar-refractivity contribution in [1.82, 2.24) is 15.5 Å². The Kier molecular flexibility index (Phi) is 7.69. The highest BCUT2D eigenvalue weighted by Gasteiger charge is 2.23. The lowest BCUT2D eigenvalue weighted by atomic mass is 10.0. The molecule has 0 radical (unpaired) electrons. The summed E-state index contributed by atoms with van der Waals surface area (Å²) in [6, 6.07) is 0.514. The molecule has 0 aliphatic carbocycles. The van der Waals surface area contributed by atoms with Crippen LogP contribution in [0.1, 0.15) is 32.6 Å². The summed E-state index contributed by atoms with van der Waals surface area (Å²) < 4.78 is 0. The third-order valence-corrected chi connectivity index (χ3v) is 3.35. The second kappa shape index (κ2) is 9.11. The Bertz CT molecular complexity index is 255. The first-order chi connectivity index (χ1) is 8.77. The SMILES string of the molecule is C=CCNC(=O)CN1CCCCC1CNCCC. The molecule has 4 heteroatoms. The molecular weight excluding hydrogens is 226 g/mol. The summed E-state index contributed by atoms with van der Waals surface area (Å²) in [7, 11) is 0. The fourth-order valence-corrected chi connectivity index (χ4v) is 2.37. The average Bonchev–Trinajstić information content (AvgIpc) is 2.38. The molecule has 0 aromatic heterocycles. The van der Waals surface area contributed by atoms with Crippen molar-refractivity contribution >= 4 is 5.91 Å². The van der Waals surface area contributed by atoms with Crippen molar-refractivity contribution in [3.05, 3.63) is 12.7 Å². The number of carbonyl (C=O) groups excluding carboxylic acids is 1. The number of nitrogens with zero attached hydrogens (tertiary/aromatic N) is 1. The maximum absolute atomic E-state index is 11.7. The van der Waals surface area contributed by atoms with Gasteiger partial charge in [0.1, 0.15) is 0 Å². The number of amides is 1. The van der Waals surface area contributed by atoms with Gasteiger partial charge in [0.15, 0.2) is 0 Å². The Morgan fingerprint density at radius 3 is 3.06 bits per heavy atom. The first-order valence-corrected chi connectivity index (χ1v) is 7.10. The van der Waals surface area contributed by atoms with Crippen molar-refractivity contribution in [3.63, 3.8) is 0 Å². The minimum atomic E-state index is 0.109. The Morgan fingerprint density at radius 1 is 1.50 bits per heavy atom. The van der Waals surface area contributed by atoms with Crippen molar-refractivity contribution in [2.75, 3.05) is 32.7 Å². The fourth-order valence-electron chi connectivity index (χ4n) is 2.37. The van der Waals surface area contributed by atoms with Gasteiger partial charge in [-0.3, -0.25) is 9.69 Å². The van der Waals surface area contributed by atoms with Crippen LogP contribution < -0.4 is 10.6 Å². The van der Waals surface area contributed by atoms with E-state index in [1.165, 1.54) is 19.3 Å². The molecule has 0 saturated carbocycles. The van der Waals surface area contributed by atoms with Crippen LogP contribution in [-0.2, 0) is 4.79 Å². The summed E-state index contributed by atoms with van der Waals surface area (Å²) in [5, 5.41) is 6.31. The molecule has 1 unspecified atom stereocenters. The molecule has 1 aliphatic rings. The minimum absolute atomic E-state index is 0.109. The zero-order valence-corrected chi connectivity index (χ0v) is 11.6. The highest BCUT2D eigenvalue weighted by Crippen LogP contribution is 2.15. The van der Waals surface area contributed by atoms with Crippen LogP contribution in [0, 0.1) is 0 Å². The molecule has 0 bridgehead atoms. The standard InChI is InChI=1S/C14H27N3O/c1-3-8-15-11-13-7-5-6-10-17(13)12-14(18)16-9-4-2/h4,13,15H,2-3,5-12H2,1H3,(H,16,18). The number of piperidine rings is 1. The van der Waals surface area contributed by atoms with Crippen LogP contribution in [0.5, 0.6) is 0 Å². The maximum Gasteiger partial charge on any atom is 0.234 e. The van der Waals surface area contributed by atoms with E-state index in [0.717, 1.165) is 26.1 Å². The lowest BCUT2D eigenvalue weighted by Crippen LogP contribution is -2.49. The van der Waals surface area contributed by atoms with Gasteiger partial charge >= 0.3 is 0 Å². The van der Waals surface area contributed by atoms with Gasteiger partial charge in [-0.05, 0) is 32.4 Å². The molecule has 1 saturated heterocycles. The Morgan fingerprint density at radius 2 is 2.33 bits per heavy atom. The molecule has 0 aromatic rings. The molecule has 0 spiro atoms. The van der Waals surface area contributed by atoms with E-state index in [9.17, 15) is 4.79 Å². The van der Waals surface area contributed by atoms with Gasteiger partial charge in [0.25, 0.3) is 0 Å². The minimum Gasteiger partial charge on any atom is -0.352 e. The predicted octanol–water partition coefficient (Wildman–Crippen LogP) is 1.14. The summed E-state index contributed by atoms with van der Waals surface area (Å²) in [6.07, 6.45) is 6.56. The Labute approximate surface area is 111 Å². The zero-order chi connectivity index (χ0) is 13.2. The summed E-state index contributed by atoms with van der Waals surface area (Å²) in [5.74, 6) is 0.109. The molecule has 1 rings (SSSR count). The van der Waals surface area contributed by atoms with Crippen LogP contribution in [-0.4, -0.2) is 49.6 Å². The van der Waals surface area contributed by atoms with E-state index >= 15 is 0 Å². The summed E-state index contributed by atoms with van der Waals surface area (Å²) in [6.45, 7) is 9.97. The highest BCUT2D eigenvalue weighted by atomic mass is 16.2. The first-order valence-electron chi connectivity index (χ1n) is 7.10.